The number of para-hydroxylation sites is 1. The van der Waals surface area contributed by atoms with Crippen LogP contribution in [0.1, 0.15) is 11.6 Å². The Labute approximate surface area is 187 Å². The number of carbonyl (C=O) groups is 2. The number of hydroxylamine groups is 1. The van der Waals surface area contributed by atoms with Gasteiger partial charge < -0.3 is 0 Å². The van der Waals surface area contributed by atoms with Crippen molar-refractivity contribution in [2.45, 2.75) is 12.1 Å². The minimum absolute atomic E-state index is 0.131. The van der Waals surface area contributed by atoms with Crippen molar-refractivity contribution in [2.24, 2.45) is 5.92 Å². The zero-order chi connectivity index (χ0) is 22.4. The number of anilines is 2. The molecule has 2 aliphatic rings. The molecule has 3 aromatic rings. The molecular formula is C23H16ClN3O5. The van der Waals surface area contributed by atoms with Crippen molar-refractivity contribution >= 4 is 40.5 Å². The van der Waals surface area contributed by atoms with E-state index < -0.39 is 34.8 Å². The fraction of sp³-hybridized carbons (Fsp3) is 0.130. The number of hydrogen-bond acceptors (Lipinski definition) is 6. The molecule has 0 unspecified atom stereocenters. The average molecular weight is 450 g/mol. The van der Waals surface area contributed by atoms with Crippen LogP contribution in [0.15, 0.2) is 78.9 Å². The lowest BCUT2D eigenvalue weighted by Gasteiger charge is -2.29. The van der Waals surface area contributed by atoms with E-state index >= 15 is 0 Å². The third-order valence-electron chi connectivity index (χ3n) is 5.67. The standard InChI is InChI=1S/C23H16ClN3O5/c24-18-9-5-4-8-17(18)20-19-21(32-26(20)15-6-2-1-3-7-15)23(29)25(22(19)28)14-10-12-16(13-11-14)27(30)31/h1-13,19-21H/t19-,20+,21-/m0/s1. The van der Waals surface area contributed by atoms with Crippen LogP contribution in [0.4, 0.5) is 17.1 Å². The molecule has 0 radical (unpaired) electrons. The van der Waals surface area contributed by atoms with Gasteiger partial charge in [0.1, 0.15) is 5.92 Å². The smallest absolute Gasteiger partial charge is 0.269 e. The Hall–Kier alpha value is -3.75. The maximum Gasteiger partial charge on any atom is 0.269 e. The molecule has 0 aromatic heterocycles. The molecule has 3 atom stereocenters. The number of amides is 2. The van der Waals surface area contributed by atoms with Gasteiger partial charge in [-0.2, -0.15) is 0 Å². The molecule has 0 saturated carbocycles. The van der Waals surface area contributed by atoms with Crippen LogP contribution < -0.4 is 9.96 Å². The van der Waals surface area contributed by atoms with Gasteiger partial charge in [0.15, 0.2) is 6.10 Å². The average Bonchev–Trinajstić information content (AvgIpc) is 3.31. The van der Waals surface area contributed by atoms with Crippen molar-refractivity contribution in [3.8, 4) is 0 Å². The van der Waals surface area contributed by atoms with Crippen molar-refractivity contribution in [1.29, 1.82) is 0 Å². The van der Waals surface area contributed by atoms with Crippen molar-refractivity contribution in [3.05, 3.63) is 99.6 Å². The van der Waals surface area contributed by atoms with E-state index in [4.69, 9.17) is 16.4 Å². The maximum atomic E-state index is 13.5. The number of carbonyl (C=O) groups excluding carboxylic acids is 2. The van der Waals surface area contributed by atoms with E-state index in [9.17, 15) is 19.7 Å². The Balaban J connectivity index is 1.57. The number of imide groups is 1. The normalized spacial score (nSPS) is 22.3. The van der Waals surface area contributed by atoms with Crippen molar-refractivity contribution in [2.75, 3.05) is 9.96 Å². The summed E-state index contributed by atoms with van der Waals surface area (Å²) in [6, 6.07) is 21.0. The first-order chi connectivity index (χ1) is 15.5. The van der Waals surface area contributed by atoms with Crippen LogP contribution in [0.25, 0.3) is 0 Å². The molecule has 32 heavy (non-hydrogen) atoms. The summed E-state index contributed by atoms with van der Waals surface area (Å²) >= 11 is 6.48. The number of non-ortho nitro benzene ring substituents is 1. The van der Waals surface area contributed by atoms with Gasteiger partial charge in [0.2, 0.25) is 5.91 Å². The van der Waals surface area contributed by atoms with Gasteiger partial charge in [-0.25, -0.2) is 9.96 Å². The minimum Gasteiger partial charge on any atom is -0.273 e. The van der Waals surface area contributed by atoms with E-state index in [2.05, 4.69) is 0 Å². The second-order valence-electron chi connectivity index (χ2n) is 7.46. The maximum absolute atomic E-state index is 13.5. The van der Waals surface area contributed by atoms with Crippen molar-refractivity contribution in [3.63, 3.8) is 0 Å². The highest BCUT2D eigenvalue weighted by molar-refractivity contribution is 6.31. The Morgan fingerprint density at radius 1 is 0.844 bits per heavy atom. The summed E-state index contributed by atoms with van der Waals surface area (Å²) in [6.07, 6.45) is -1.04. The van der Waals surface area contributed by atoms with Crippen LogP contribution in [0.3, 0.4) is 0 Å². The van der Waals surface area contributed by atoms with E-state index in [1.165, 1.54) is 24.3 Å². The second-order valence-corrected chi connectivity index (χ2v) is 7.87. The third kappa shape index (κ3) is 3.12. The quantitative estimate of drug-likeness (QED) is 0.335. The Morgan fingerprint density at radius 2 is 1.50 bits per heavy atom. The fourth-order valence-electron chi connectivity index (χ4n) is 4.22. The molecule has 0 aliphatic carbocycles. The van der Waals surface area contributed by atoms with Gasteiger partial charge in [0.25, 0.3) is 11.6 Å². The number of benzene rings is 3. The molecule has 5 rings (SSSR count). The van der Waals surface area contributed by atoms with Gasteiger partial charge in [-0.3, -0.25) is 24.5 Å². The van der Waals surface area contributed by atoms with E-state index in [1.54, 1.807) is 23.3 Å². The summed E-state index contributed by atoms with van der Waals surface area (Å²) < 4.78 is 0. The third-order valence-corrected chi connectivity index (χ3v) is 6.01. The Morgan fingerprint density at radius 3 is 2.16 bits per heavy atom. The molecule has 0 spiro atoms. The van der Waals surface area contributed by atoms with E-state index in [0.29, 0.717) is 16.3 Å². The molecule has 2 heterocycles. The lowest BCUT2D eigenvalue weighted by Crippen LogP contribution is -2.37. The zero-order valence-electron chi connectivity index (χ0n) is 16.5. The van der Waals surface area contributed by atoms with Crippen molar-refractivity contribution < 1.29 is 19.3 Å². The molecule has 8 nitrogen and oxygen atoms in total. The van der Waals surface area contributed by atoms with Crippen LogP contribution in [-0.2, 0) is 14.4 Å². The number of hydrogen-bond donors (Lipinski definition) is 0. The van der Waals surface area contributed by atoms with Gasteiger partial charge in [0, 0.05) is 17.2 Å². The molecule has 2 fully saturated rings. The van der Waals surface area contributed by atoms with Gasteiger partial charge in [-0.15, -0.1) is 0 Å². The molecule has 0 bridgehead atoms. The monoisotopic (exact) mass is 449 g/mol. The topological polar surface area (TPSA) is 93.0 Å². The summed E-state index contributed by atoms with van der Waals surface area (Å²) in [5.74, 6) is -1.81. The molecule has 3 aromatic carbocycles. The molecule has 2 amide bonds. The van der Waals surface area contributed by atoms with E-state index in [0.717, 1.165) is 4.90 Å². The van der Waals surface area contributed by atoms with E-state index in [1.807, 2.05) is 36.4 Å². The summed E-state index contributed by atoms with van der Waals surface area (Å²) in [5, 5.41) is 13.0. The van der Waals surface area contributed by atoms with Crippen LogP contribution in [0.2, 0.25) is 5.02 Å². The zero-order valence-corrected chi connectivity index (χ0v) is 17.3. The number of rotatable bonds is 4. The lowest BCUT2D eigenvalue weighted by molar-refractivity contribution is -0.384. The summed E-state index contributed by atoms with van der Waals surface area (Å²) in [7, 11) is 0. The fourth-order valence-corrected chi connectivity index (χ4v) is 4.47. The number of fused-ring (bicyclic) bond motifs is 1. The second kappa shape index (κ2) is 7.74. The SMILES string of the molecule is O=C1[C@@H]2[C@H](ON(c3ccccc3)[C@@H]2c2ccccc2Cl)C(=O)N1c1ccc([N+](=O)[O-])cc1. The first kappa shape index (κ1) is 20.2. The number of nitro groups is 1. The highest BCUT2D eigenvalue weighted by Crippen LogP contribution is 2.48. The van der Waals surface area contributed by atoms with Gasteiger partial charge >= 0.3 is 0 Å². The molecular weight excluding hydrogens is 434 g/mol. The summed E-state index contributed by atoms with van der Waals surface area (Å²) in [5.41, 5.74) is 1.48. The van der Waals surface area contributed by atoms with Gasteiger partial charge in [0.05, 0.1) is 22.3 Å². The van der Waals surface area contributed by atoms with Crippen LogP contribution in [0, 0.1) is 16.0 Å². The molecule has 2 aliphatic heterocycles. The first-order valence-corrected chi connectivity index (χ1v) is 10.2. The molecule has 2 saturated heterocycles. The number of nitro benzene ring substituents is 1. The largest absolute Gasteiger partial charge is 0.273 e. The predicted molar refractivity (Wildman–Crippen MR) is 117 cm³/mol. The van der Waals surface area contributed by atoms with Crippen LogP contribution in [0.5, 0.6) is 0 Å². The molecule has 0 N–H and O–H groups in total. The molecule has 9 heteroatoms. The highest BCUT2D eigenvalue weighted by Gasteiger charge is 2.60. The van der Waals surface area contributed by atoms with Crippen LogP contribution in [-0.4, -0.2) is 22.8 Å². The van der Waals surface area contributed by atoms with E-state index in [-0.39, 0.29) is 11.4 Å². The van der Waals surface area contributed by atoms with Gasteiger partial charge in [-0.05, 0) is 35.9 Å². The van der Waals surface area contributed by atoms with Gasteiger partial charge in [-0.1, -0.05) is 48.0 Å². The molecule has 160 valence electrons. The highest BCUT2D eigenvalue weighted by atomic mass is 35.5. The summed E-state index contributed by atoms with van der Waals surface area (Å²) in [6.45, 7) is 0. The number of halogens is 1. The summed E-state index contributed by atoms with van der Waals surface area (Å²) in [4.78, 5) is 44.2. The number of nitrogens with zero attached hydrogens (tertiary/aromatic N) is 3. The van der Waals surface area contributed by atoms with Crippen LogP contribution >= 0.6 is 11.6 Å². The minimum atomic E-state index is -1.04. The Kier molecular flexibility index (Phi) is 4.88. The predicted octanol–water partition coefficient (Wildman–Crippen LogP) is 4.30. The lowest BCUT2D eigenvalue weighted by atomic mass is 9.90. The first-order valence-electron chi connectivity index (χ1n) is 9.85. The Bertz CT molecular complexity index is 1220. The van der Waals surface area contributed by atoms with Crippen molar-refractivity contribution in [1.82, 2.24) is 0 Å².